The van der Waals surface area contributed by atoms with Gasteiger partial charge in [-0.15, -0.1) is 0 Å². The van der Waals surface area contributed by atoms with Crippen molar-refractivity contribution < 1.29 is 28.2 Å². The van der Waals surface area contributed by atoms with Crippen LogP contribution in [0.3, 0.4) is 0 Å². The summed E-state index contributed by atoms with van der Waals surface area (Å²) < 4.78 is 22.4. The minimum Gasteiger partial charge on any atom is -0.469 e. The Kier molecular flexibility index (Phi) is 5.60. The van der Waals surface area contributed by atoms with Crippen LogP contribution in [0.2, 0.25) is 0 Å². The van der Waals surface area contributed by atoms with Crippen LogP contribution in [0.4, 0.5) is 0 Å². The molecule has 7 heteroatoms. The second kappa shape index (κ2) is 9.07. The largest absolute Gasteiger partial charge is 0.469 e. The highest BCUT2D eigenvalue weighted by molar-refractivity contribution is 6.04. The quantitative estimate of drug-likeness (QED) is 0.505. The molecule has 6 rings (SSSR count). The molecular formula is C29H25NO6. The molecule has 36 heavy (non-hydrogen) atoms. The number of allylic oxidation sites excluding steroid dienone is 3. The monoisotopic (exact) mass is 483 g/mol. The fourth-order valence-corrected chi connectivity index (χ4v) is 5.26. The molecule has 182 valence electrons. The summed E-state index contributed by atoms with van der Waals surface area (Å²) in [4.78, 5) is 27.1. The molecule has 0 fully saturated rings. The fraction of sp³-hybridized carbons (Fsp3) is 0.241. The average molecular weight is 484 g/mol. The summed E-state index contributed by atoms with van der Waals surface area (Å²) >= 11 is 0. The van der Waals surface area contributed by atoms with E-state index in [-0.39, 0.29) is 25.1 Å². The highest BCUT2D eigenvalue weighted by Crippen LogP contribution is 2.47. The second-order valence-corrected chi connectivity index (χ2v) is 9.21. The van der Waals surface area contributed by atoms with Crippen molar-refractivity contribution in [2.75, 3.05) is 6.79 Å². The number of hydrogen-bond donors (Lipinski definition) is 1. The molecular weight excluding hydrogens is 458 g/mol. The SMILES string of the molecule is CC1=C(C(=O)OCc2ccccc2)[C@H](c2ccc3c(c2)OCO3)C2=C(C[C@H](c3ccco3)CC2=O)N1. The first-order chi connectivity index (χ1) is 17.6. The fourth-order valence-electron chi connectivity index (χ4n) is 5.26. The molecule has 3 aromatic rings. The van der Waals surface area contributed by atoms with E-state index >= 15 is 0 Å². The molecule has 1 N–H and O–H groups in total. The number of rotatable bonds is 5. The van der Waals surface area contributed by atoms with E-state index in [0.29, 0.717) is 41.2 Å². The van der Waals surface area contributed by atoms with Crippen molar-refractivity contribution in [3.63, 3.8) is 0 Å². The number of furan rings is 1. The number of benzene rings is 2. The maximum absolute atomic E-state index is 13.6. The molecule has 1 aromatic heterocycles. The molecule has 2 aliphatic heterocycles. The van der Waals surface area contributed by atoms with Crippen LogP contribution in [0, 0.1) is 0 Å². The number of nitrogens with one attached hydrogen (secondary N) is 1. The zero-order valence-electron chi connectivity index (χ0n) is 19.8. The van der Waals surface area contributed by atoms with Crippen LogP contribution >= 0.6 is 0 Å². The number of fused-ring (bicyclic) bond motifs is 1. The van der Waals surface area contributed by atoms with Crippen LogP contribution in [-0.2, 0) is 20.9 Å². The Morgan fingerprint density at radius 3 is 2.67 bits per heavy atom. The van der Waals surface area contributed by atoms with Gasteiger partial charge >= 0.3 is 5.97 Å². The summed E-state index contributed by atoms with van der Waals surface area (Å²) in [5.41, 5.74) is 4.17. The van der Waals surface area contributed by atoms with Crippen LogP contribution in [0.15, 0.2) is 93.9 Å². The Morgan fingerprint density at radius 1 is 1.03 bits per heavy atom. The first-order valence-corrected chi connectivity index (χ1v) is 12.0. The van der Waals surface area contributed by atoms with Gasteiger partial charge in [0.1, 0.15) is 12.4 Å². The van der Waals surface area contributed by atoms with Crippen LogP contribution < -0.4 is 14.8 Å². The smallest absolute Gasteiger partial charge is 0.337 e. The molecule has 2 aromatic carbocycles. The molecule has 0 bridgehead atoms. The number of esters is 1. The molecule has 2 atom stereocenters. The van der Waals surface area contributed by atoms with Gasteiger partial charge in [0.2, 0.25) is 6.79 Å². The van der Waals surface area contributed by atoms with E-state index in [1.807, 2.05) is 67.6 Å². The number of ether oxygens (including phenoxy) is 3. The summed E-state index contributed by atoms with van der Waals surface area (Å²) in [6.07, 6.45) is 2.54. The zero-order valence-corrected chi connectivity index (χ0v) is 19.8. The van der Waals surface area contributed by atoms with E-state index in [1.165, 1.54) is 0 Å². The van der Waals surface area contributed by atoms with Gasteiger partial charge in [-0.25, -0.2) is 4.79 Å². The van der Waals surface area contributed by atoms with Crippen molar-refractivity contribution in [2.24, 2.45) is 0 Å². The Hall–Kier alpha value is -4.26. The predicted octanol–water partition coefficient (Wildman–Crippen LogP) is 5.11. The van der Waals surface area contributed by atoms with Gasteiger partial charge < -0.3 is 23.9 Å². The topological polar surface area (TPSA) is 87.0 Å². The number of dihydropyridines is 1. The molecule has 3 aliphatic rings. The van der Waals surface area contributed by atoms with Gasteiger partial charge in [0.25, 0.3) is 0 Å². The van der Waals surface area contributed by atoms with E-state index in [0.717, 1.165) is 22.6 Å². The highest BCUT2D eigenvalue weighted by Gasteiger charge is 2.42. The highest BCUT2D eigenvalue weighted by atomic mass is 16.7. The first kappa shape index (κ1) is 22.2. The van der Waals surface area contributed by atoms with E-state index in [9.17, 15) is 9.59 Å². The summed E-state index contributed by atoms with van der Waals surface area (Å²) in [6.45, 7) is 2.14. The third kappa shape index (κ3) is 3.96. The molecule has 0 unspecified atom stereocenters. The molecule has 3 heterocycles. The number of ketones is 1. The third-order valence-electron chi connectivity index (χ3n) is 6.94. The first-order valence-electron chi connectivity index (χ1n) is 12.0. The van der Waals surface area contributed by atoms with Gasteiger partial charge in [-0.3, -0.25) is 4.79 Å². The average Bonchev–Trinajstić information content (AvgIpc) is 3.59. The van der Waals surface area contributed by atoms with Gasteiger partial charge in [-0.05, 0) is 48.7 Å². The Labute approximate surface area is 208 Å². The van der Waals surface area contributed by atoms with Crippen LogP contribution in [0.5, 0.6) is 11.5 Å². The second-order valence-electron chi connectivity index (χ2n) is 9.21. The van der Waals surface area contributed by atoms with E-state index in [1.54, 1.807) is 6.26 Å². The zero-order chi connectivity index (χ0) is 24.6. The number of carbonyl (C=O) groups excluding carboxylic acids is 2. The molecule has 0 amide bonds. The lowest BCUT2D eigenvalue weighted by atomic mass is 9.72. The van der Waals surface area contributed by atoms with Crippen molar-refractivity contribution in [3.05, 3.63) is 106 Å². The van der Waals surface area contributed by atoms with Gasteiger partial charge in [0, 0.05) is 35.2 Å². The Balaban J connectivity index is 1.39. The van der Waals surface area contributed by atoms with Gasteiger partial charge in [-0.1, -0.05) is 36.4 Å². The maximum atomic E-state index is 13.6. The summed E-state index contributed by atoms with van der Waals surface area (Å²) in [7, 11) is 0. The van der Waals surface area contributed by atoms with E-state index in [2.05, 4.69) is 5.32 Å². The van der Waals surface area contributed by atoms with Gasteiger partial charge in [0.05, 0.1) is 11.8 Å². The molecule has 0 saturated carbocycles. The summed E-state index contributed by atoms with van der Waals surface area (Å²) in [5.74, 6) is 0.904. The molecule has 0 radical (unpaired) electrons. The summed E-state index contributed by atoms with van der Waals surface area (Å²) in [5, 5.41) is 3.36. The molecule has 1 aliphatic carbocycles. The number of Topliss-reactive ketones (excluding diaryl/α,β-unsaturated/α-hetero) is 1. The van der Waals surface area contributed by atoms with Crippen molar-refractivity contribution in [3.8, 4) is 11.5 Å². The van der Waals surface area contributed by atoms with Crippen molar-refractivity contribution >= 4 is 11.8 Å². The van der Waals surface area contributed by atoms with Crippen LogP contribution in [0.25, 0.3) is 0 Å². The third-order valence-corrected chi connectivity index (χ3v) is 6.94. The minimum absolute atomic E-state index is 0.0197. The lowest BCUT2D eigenvalue weighted by Gasteiger charge is -2.36. The summed E-state index contributed by atoms with van der Waals surface area (Å²) in [6, 6.07) is 18.8. The van der Waals surface area contributed by atoms with Gasteiger partial charge in [-0.2, -0.15) is 0 Å². The Morgan fingerprint density at radius 2 is 1.86 bits per heavy atom. The van der Waals surface area contributed by atoms with Gasteiger partial charge in [0.15, 0.2) is 17.3 Å². The molecule has 7 nitrogen and oxygen atoms in total. The molecule has 0 spiro atoms. The van der Waals surface area contributed by atoms with Crippen molar-refractivity contribution in [2.45, 2.75) is 38.2 Å². The normalized spacial score (nSPS) is 20.8. The van der Waals surface area contributed by atoms with Crippen LogP contribution in [-0.4, -0.2) is 18.5 Å². The minimum atomic E-state index is -0.580. The van der Waals surface area contributed by atoms with E-state index in [4.69, 9.17) is 18.6 Å². The van der Waals surface area contributed by atoms with Crippen LogP contribution in [0.1, 0.15) is 48.5 Å². The number of hydrogen-bond acceptors (Lipinski definition) is 7. The lowest BCUT2D eigenvalue weighted by Crippen LogP contribution is -2.36. The predicted molar refractivity (Wildman–Crippen MR) is 130 cm³/mol. The standard InChI is InChI=1S/C29H25NO6/c1-17-26(29(32)34-15-18-6-3-2-4-7-18)27(19-9-10-24-25(14-19)36-16-35-24)28-21(30-17)12-20(13-22(28)31)23-8-5-11-33-23/h2-11,14,20,27,30H,12-13,15-16H2,1H3/t20-,27-/m0/s1. The van der Waals surface area contributed by atoms with E-state index < -0.39 is 11.9 Å². The van der Waals surface area contributed by atoms with Crippen molar-refractivity contribution in [1.82, 2.24) is 5.32 Å². The van der Waals surface area contributed by atoms with Crippen molar-refractivity contribution in [1.29, 1.82) is 0 Å². The number of carbonyl (C=O) groups is 2. The lowest BCUT2D eigenvalue weighted by molar-refractivity contribution is -0.140. The Bertz CT molecular complexity index is 1390. The molecule has 0 saturated heterocycles. The maximum Gasteiger partial charge on any atom is 0.337 e.